The van der Waals surface area contributed by atoms with Crippen LogP contribution in [0.25, 0.3) is 5.69 Å². The van der Waals surface area contributed by atoms with Crippen molar-refractivity contribution in [3.63, 3.8) is 0 Å². The van der Waals surface area contributed by atoms with E-state index in [2.05, 4.69) is 20.8 Å². The number of carbonyl (C=O) groups excluding carboxylic acids is 1. The maximum absolute atomic E-state index is 12.2. The zero-order chi connectivity index (χ0) is 14.0. The van der Waals surface area contributed by atoms with Gasteiger partial charge in [-0.3, -0.25) is 4.79 Å². The number of amides is 1. The SMILES string of the molecule is CC(O)C(C)(C)NC(=O)c1sccc1-n1cnnn1. The highest BCUT2D eigenvalue weighted by Crippen LogP contribution is 2.21. The summed E-state index contributed by atoms with van der Waals surface area (Å²) in [6.07, 6.45) is 0.770. The number of aliphatic hydroxyl groups excluding tert-OH is 1. The highest BCUT2D eigenvalue weighted by molar-refractivity contribution is 7.12. The number of aromatic nitrogens is 4. The van der Waals surface area contributed by atoms with Crippen LogP contribution in [-0.2, 0) is 0 Å². The van der Waals surface area contributed by atoms with E-state index in [4.69, 9.17) is 0 Å². The van der Waals surface area contributed by atoms with Crippen LogP contribution in [0.2, 0.25) is 0 Å². The lowest BCUT2D eigenvalue weighted by Gasteiger charge is -2.29. The molecule has 102 valence electrons. The Morgan fingerprint density at radius 3 is 2.89 bits per heavy atom. The van der Waals surface area contributed by atoms with E-state index in [1.165, 1.54) is 22.3 Å². The number of hydrogen-bond acceptors (Lipinski definition) is 6. The second-order valence-electron chi connectivity index (χ2n) is 4.74. The molecular formula is C11H15N5O2S. The molecule has 0 aromatic carbocycles. The molecule has 1 atom stereocenters. The van der Waals surface area contributed by atoms with Crippen molar-refractivity contribution in [1.29, 1.82) is 0 Å². The van der Waals surface area contributed by atoms with E-state index >= 15 is 0 Å². The van der Waals surface area contributed by atoms with Gasteiger partial charge >= 0.3 is 0 Å². The fourth-order valence-corrected chi connectivity index (χ4v) is 2.15. The second kappa shape index (κ2) is 5.06. The smallest absolute Gasteiger partial charge is 0.264 e. The number of tetrazole rings is 1. The van der Waals surface area contributed by atoms with E-state index in [-0.39, 0.29) is 5.91 Å². The molecule has 2 aromatic heterocycles. The molecule has 0 radical (unpaired) electrons. The standard InChI is InChI=1S/C11H15N5O2S/c1-7(17)11(2,3)13-10(18)9-8(4-5-19-9)16-6-12-14-15-16/h4-7,17H,1-3H3,(H,13,18). The number of aliphatic hydroxyl groups is 1. The Hall–Kier alpha value is -1.80. The molecule has 0 bridgehead atoms. The van der Waals surface area contributed by atoms with Gasteiger partial charge in [0.25, 0.3) is 5.91 Å². The highest BCUT2D eigenvalue weighted by atomic mass is 32.1. The van der Waals surface area contributed by atoms with Crippen LogP contribution in [0.4, 0.5) is 0 Å². The Kier molecular flexibility index (Phi) is 3.63. The van der Waals surface area contributed by atoms with Crippen molar-refractivity contribution in [2.75, 3.05) is 0 Å². The van der Waals surface area contributed by atoms with Crippen molar-refractivity contribution in [3.05, 3.63) is 22.7 Å². The van der Waals surface area contributed by atoms with Crippen LogP contribution in [-0.4, -0.2) is 42.9 Å². The largest absolute Gasteiger partial charge is 0.391 e. The van der Waals surface area contributed by atoms with Gasteiger partial charge in [-0.1, -0.05) is 0 Å². The minimum Gasteiger partial charge on any atom is -0.391 e. The second-order valence-corrected chi connectivity index (χ2v) is 5.66. The molecule has 2 aromatic rings. The summed E-state index contributed by atoms with van der Waals surface area (Å²) < 4.78 is 1.43. The first kappa shape index (κ1) is 13.6. The van der Waals surface area contributed by atoms with Gasteiger partial charge in [0.2, 0.25) is 0 Å². The van der Waals surface area contributed by atoms with Gasteiger partial charge in [-0.2, -0.15) is 4.68 Å². The fraction of sp³-hybridized carbons (Fsp3) is 0.455. The first-order valence-electron chi connectivity index (χ1n) is 5.73. The maximum Gasteiger partial charge on any atom is 0.264 e. The van der Waals surface area contributed by atoms with Crippen LogP contribution in [0.1, 0.15) is 30.4 Å². The van der Waals surface area contributed by atoms with Gasteiger partial charge in [0, 0.05) is 0 Å². The lowest BCUT2D eigenvalue weighted by molar-refractivity contribution is 0.0712. The third-order valence-electron chi connectivity index (χ3n) is 2.93. The van der Waals surface area contributed by atoms with E-state index in [1.807, 2.05) is 0 Å². The van der Waals surface area contributed by atoms with Crippen LogP contribution in [0.15, 0.2) is 17.8 Å². The number of thiophene rings is 1. The molecule has 7 nitrogen and oxygen atoms in total. The number of nitrogens with one attached hydrogen (secondary N) is 1. The quantitative estimate of drug-likeness (QED) is 0.856. The highest BCUT2D eigenvalue weighted by Gasteiger charge is 2.28. The summed E-state index contributed by atoms with van der Waals surface area (Å²) in [5.41, 5.74) is -0.0900. The Bertz CT molecular complexity index is 561. The van der Waals surface area contributed by atoms with Gasteiger partial charge in [0.05, 0.1) is 17.3 Å². The Morgan fingerprint density at radius 2 is 2.32 bits per heavy atom. The van der Waals surface area contributed by atoms with Gasteiger partial charge < -0.3 is 10.4 Å². The summed E-state index contributed by atoms with van der Waals surface area (Å²) in [6, 6.07) is 1.77. The maximum atomic E-state index is 12.2. The molecule has 0 aliphatic rings. The number of carbonyl (C=O) groups is 1. The first-order valence-corrected chi connectivity index (χ1v) is 6.61. The van der Waals surface area contributed by atoms with Crippen molar-refractivity contribution >= 4 is 17.2 Å². The predicted molar refractivity (Wildman–Crippen MR) is 70.3 cm³/mol. The number of hydrogen-bond donors (Lipinski definition) is 2. The van der Waals surface area contributed by atoms with Crippen LogP contribution in [0, 0.1) is 0 Å². The van der Waals surface area contributed by atoms with Gasteiger partial charge in [0.1, 0.15) is 11.2 Å². The zero-order valence-corrected chi connectivity index (χ0v) is 11.7. The van der Waals surface area contributed by atoms with Gasteiger partial charge in [-0.25, -0.2) is 0 Å². The lowest BCUT2D eigenvalue weighted by atomic mass is 9.99. The topological polar surface area (TPSA) is 92.9 Å². The molecule has 0 fully saturated rings. The molecule has 0 saturated carbocycles. The van der Waals surface area contributed by atoms with Crippen LogP contribution >= 0.6 is 11.3 Å². The molecule has 1 unspecified atom stereocenters. The van der Waals surface area contributed by atoms with Crippen LogP contribution in [0.5, 0.6) is 0 Å². The van der Waals surface area contributed by atoms with Gasteiger partial charge in [-0.15, -0.1) is 16.4 Å². The molecule has 2 heterocycles. The molecule has 0 saturated heterocycles. The third kappa shape index (κ3) is 2.79. The summed E-state index contributed by atoms with van der Waals surface area (Å²) >= 11 is 1.30. The molecule has 1 amide bonds. The zero-order valence-electron chi connectivity index (χ0n) is 10.9. The fourth-order valence-electron chi connectivity index (χ4n) is 1.38. The Morgan fingerprint density at radius 1 is 1.58 bits per heavy atom. The van der Waals surface area contributed by atoms with E-state index < -0.39 is 11.6 Å². The van der Waals surface area contributed by atoms with Crippen molar-refractivity contribution in [3.8, 4) is 5.69 Å². The van der Waals surface area contributed by atoms with Crippen molar-refractivity contribution < 1.29 is 9.90 Å². The molecular weight excluding hydrogens is 266 g/mol. The van der Waals surface area contributed by atoms with Gasteiger partial charge in [0.15, 0.2) is 0 Å². The average Bonchev–Trinajstić information content (AvgIpc) is 2.99. The Balaban J connectivity index is 2.24. The summed E-state index contributed by atoms with van der Waals surface area (Å²) in [7, 11) is 0. The summed E-state index contributed by atoms with van der Waals surface area (Å²) in [4.78, 5) is 12.7. The Labute approximate surface area is 114 Å². The van der Waals surface area contributed by atoms with E-state index in [9.17, 15) is 9.90 Å². The van der Waals surface area contributed by atoms with E-state index in [0.29, 0.717) is 10.6 Å². The van der Waals surface area contributed by atoms with E-state index in [0.717, 1.165) is 0 Å². The lowest BCUT2D eigenvalue weighted by Crippen LogP contribution is -2.50. The van der Waals surface area contributed by atoms with Crippen LogP contribution < -0.4 is 5.32 Å². The molecule has 2 rings (SSSR count). The number of nitrogens with zero attached hydrogens (tertiary/aromatic N) is 4. The molecule has 0 aliphatic heterocycles. The molecule has 19 heavy (non-hydrogen) atoms. The summed E-state index contributed by atoms with van der Waals surface area (Å²) in [5, 5.41) is 25.1. The summed E-state index contributed by atoms with van der Waals surface area (Å²) in [5.74, 6) is -0.258. The van der Waals surface area contributed by atoms with Crippen molar-refractivity contribution in [2.45, 2.75) is 32.4 Å². The van der Waals surface area contributed by atoms with Gasteiger partial charge in [-0.05, 0) is 42.6 Å². The van der Waals surface area contributed by atoms with E-state index in [1.54, 1.807) is 32.2 Å². The minimum absolute atomic E-state index is 0.258. The van der Waals surface area contributed by atoms with Crippen molar-refractivity contribution in [1.82, 2.24) is 25.5 Å². The molecule has 8 heteroatoms. The number of rotatable bonds is 4. The average molecular weight is 281 g/mol. The third-order valence-corrected chi connectivity index (χ3v) is 3.83. The normalized spacial score (nSPS) is 13.3. The molecule has 0 spiro atoms. The predicted octanol–water partition coefficient (Wildman–Crippen LogP) is 0.613. The monoisotopic (exact) mass is 281 g/mol. The molecule has 2 N–H and O–H groups in total. The van der Waals surface area contributed by atoms with Crippen molar-refractivity contribution in [2.24, 2.45) is 0 Å². The van der Waals surface area contributed by atoms with Crippen LogP contribution in [0.3, 0.4) is 0 Å². The summed E-state index contributed by atoms with van der Waals surface area (Å²) in [6.45, 7) is 5.16. The first-order chi connectivity index (χ1) is 8.92. The minimum atomic E-state index is -0.709. The molecule has 0 aliphatic carbocycles.